The van der Waals surface area contributed by atoms with Crippen molar-refractivity contribution in [2.75, 3.05) is 31.0 Å². The first-order valence-corrected chi connectivity index (χ1v) is 13.2. The number of sulfonamides is 1. The molecule has 0 bridgehead atoms. The Balaban J connectivity index is 1.73. The Kier molecular flexibility index (Phi) is 6.89. The van der Waals surface area contributed by atoms with Gasteiger partial charge >= 0.3 is 0 Å². The molecule has 0 spiro atoms. The summed E-state index contributed by atoms with van der Waals surface area (Å²) in [7, 11) is -2.56. The molecule has 0 radical (unpaired) electrons. The molecule has 1 aromatic heterocycles. The smallest absolute Gasteiger partial charge is 0.264 e. The molecular formula is C26H31N3O5S. The number of benzene rings is 2. The Morgan fingerprint density at radius 1 is 1.14 bits per heavy atom. The second-order valence-corrected chi connectivity index (χ2v) is 11.2. The molecule has 9 heteroatoms. The van der Waals surface area contributed by atoms with Crippen LogP contribution in [-0.2, 0) is 10.0 Å². The Hall–Kier alpha value is -3.33. The number of H-pyrrole nitrogens is 1. The van der Waals surface area contributed by atoms with Gasteiger partial charge in [0.25, 0.3) is 15.9 Å². The number of nitrogens with one attached hydrogen (secondary N) is 1. The number of nitrogens with zero attached hydrogens (tertiary/aromatic N) is 2. The molecule has 1 aliphatic rings. The van der Waals surface area contributed by atoms with E-state index < -0.39 is 15.5 Å². The van der Waals surface area contributed by atoms with Crippen molar-refractivity contribution in [1.29, 1.82) is 0 Å². The fourth-order valence-electron chi connectivity index (χ4n) is 4.80. The maximum Gasteiger partial charge on any atom is 0.264 e. The number of amides is 1. The first-order chi connectivity index (χ1) is 16.6. The normalized spacial score (nSPS) is 18.5. The van der Waals surface area contributed by atoms with Gasteiger partial charge in [0.15, 0.2) is 0 Å². The highest BCUT2D eigenvalue weighted by molar-refractivity contribution is 7.92. The number of anilines is 1. The highest BCUT2D eigenvalue weighted by Gasteiger charge is 2.29. The van der Waals surface area contributed by atoms with Crippen molar-refractivity contribution in [3.8, 4) is 5.75 Å². The third kappa shape index (κ3) is 4.77. The number of likely N-dealkylation sites (tertiary alicyclic amines) is 1. The fourth-order valence-corrected chi connectivity index (χ4v) is 6.03. The van der Waals surface area contributed by atoms with E-state index in [1.165, 1.54) is 25.4 Å². The average Bonchev–Trinajstić information content (AvgIpc) is 2.83. The highest BCUT2D eigenvalue weighted by atomic mass is 32.2. The molecule has 2 atom stereocenters. The zero-order valence-electron chi connectivity index (χ0n) is 20.4. The minimum absolute atomic E-state index is 0.0170. The number of carbonyl (C=O) groups is 1. The third-order valence-electron chi connectivity index (χ3n) is 6.40. The number of pyridine rings is 1. The van der Waals surface area contributed by atoms with Crippen molar-refractivity contribution in [3.63, 3.8) is 0 Å². The van der Waals surface area contributed by atoms with Crippen molar-refractivity contribution >= 4 is 32.5 Å². The predicted molar refractivity (Wildman–Crippen MR) is 137 cm³/mol. The molecule has 0 saturated carbocycles. The number of aromatic amines is 1. The summed E-state index contributed by atoms with van der Waals surface area (Å²) >= 11 is 0. The summed E-state index contributed by atoms with van der Waals surface area (Å²) in [6, 6.07) is 11.2. The number of ether oxygens (including phenoxy) is 1. The second kappa shape index (κ2) is 9.73. The van der Waals surface area contributed by atoms with Gasteiger partial charge in [0, 0.05) is 37.2 Å². The molecule has 35 heavy (non-hydrogen) atoms. The number of hydrogen-bond donors (Lipinski definition) is 1. The Morgan fingerprint density at radius 2 is 1.83 bits per heavy atom. The first-order valence-electron chi connectivity index (χ1n) is 11.8. The number of piperidine rings is 1. The SMILES string of the molecule is CCOc1ccccc1N(C)S(=O)(=O)c1ccc2[nH]cc(C(=O)N3CC(C)CC(C)C3)c(=O)c2c1. The lowest BCUT2D eigenvalue weighted by molar-refractivity contribution is 0.0621. The summed E-state index contributed by atoms with van der Waals surface area (Å²) in [6.45, 7) is 7.60. The zero-order valence-corrected chi connectivity index (χ0v) is 21.3. The number of aromatic nitrogens is 1. The summed E-state index contributed by atoms with van der Waals surface area (Å²) in [4.78, 5) is 31.2. The monoisotopic (exact) mass is 497 g/mol. The number of para-hydroxylation sites is 2. The molecule has 2 heterocycles. The molecule has 186 valence electrons. The molecule has 0 aliphatic carbocycles. The van der Waals surface area contributed by atoms with E-state index in [1.54, 1.807) is 35.2 Å². The van der Waals surface area contributed by atoms with Gasteiger partial charge in [-0.1, -0.05) is 26.0 Å². The molecule has 3 aromatic rings. The molecule has 1 saturated heterocycles. The quantitative estimate of drug-likeness (QED) is 0.557. The van der Waals surface area contributed by atoms with Gasteiger partial charge in [-0.15, -0.1) is 0 Å². The van der Waals surface area contributed by atoms with Crippen LogP contribution in [0.3, 0.4) is 0 Å². The summed E-state index contributed by atoms with van der Waals surface area (Å²) < 4.78 is 33.7. The Labute approximate surface area is 205 Å². The summed E-state index contributed by atoms with van der Waals surface area (Å²) in [6.07, 6.45) is 2.47. The summed E-state index contributed by atoms with van der Waals surface area (Å²) in [5, 5.41) is 0.154. The van der Waals surface area contributed by atoms with Gasteiger partial charge in [-0.05, 0) is 55.5 Å². The molecule has 1 N–H and O–H groups in total. The Morgan fingerprint density at radius 3 is 2.51 bits per heavy atom. The molecule has 8 nitrogen and oxygen atoms in total. The lowest BCUT2D eigenvalue weighted by atomic mass is 9.91. The van der Waals surface area contributed by atoms with E-state index in [-0.39, 0.29) is 21.8 Å². The van der Waals surface area contributed by atoms with Gasteiger partial charge in [-0.3, -0.25) is 13.9 Å². The van der Waals surface area contributed by atoms with Crippen LogP contribution in [0.1, 0.15) is 37.6 Å². The second-order valence-electron chi connectivity index (χ2n) is 9.27. The fraction of sp³-hybridized carbons (Fsp3) is 0.385. The average molecular weight is 498 g/mol. The van der Waals surface area contributed by atoms with E-state index in [0.29, 0.717) is 48.5 Å². The van der Waals surface area contributed by atoms with Crippen LogP contribution in [-0.4, -0.2) is 51.0 Å². The summed E-state index contributed by atoms with van der Waals surface area (Å²) in [5.41, 5.74) is 0.385. The number of carbonyl (C=O) groups excluding carboxylic acids is 1. The van der Waals surface area contributed by atoms with E-state index in [0.717, 1.165) is 10.7 Å². The van der Waals surface area contributed by atoms with Crippen molar-refractivity contribution < 1.29 is 17.9 Å². The van der Waals surface area contributed by atoms with Gasteiger partial charge in [0.05, 0.1) is 17.2 Å². The van der Waals surface area contributed by atoms with E-state index in [4.69, 9.17) is 4.74 Å². The lowest BCUT2D eigenvalue weighted by Crippen LogP contribution is -2.44. The summed E-state index contributed by atoms with van der Waals surface area (Å²) in [5.74, 6) is 0.823. The van der Waals surface area contributed by atoms with E-state index >= 15 is 0 Å². The molecule has 4 rings (SSSR count). The minimum atomic E-state index is -4.00. The maximum atomic E-state index is 13.5. The molecule has 1 aliphatic heterocycles. The van der Waals surface area contributed by atoms with Crippen LogP contribution in [0, 0.1) is 11.8 Å². The van der Waals surface area contributed by atoms with Crippen LogP contribution >= 0.6 is 0 Å². The predicted octanol–water partition coefficient (Wildman–Crippen LogP) is 3.87. The third-order valence-corrected chi connectivity index (χ3v) is 8.17. The highest BCUT2D eigenvalue weighted by Crippen LogP contribution is 2.31. The zero-order chi connectivity index (χ0) is 25.3. The Bertz CT molecular complexity index is 1410. The van der Waals surface area contributed by atoms with Crippen LogP contribution in [0.25, 0.3) is 10.9 Å². The number of rotatable bonds is 6. The van der Waals surface area contributed by atoms with E-state index in [2.05, 4.69) is 18.8 Å². The van der Waals surface area contributed by atoms with Crippen molar-refractivity contribution in [2.45, 2.75) is 32.1 Å². The van der Waals surface area contributed by atoms with E-state index in [1.807, 2.05) is 6.92 Å². The van der Waals surface area contributed by atoms with Crippen molar-refractivity contribution in [1.82, 2.24) is 9.88 Å². The molecule has 1 fully saturated rings. The van der Waals surface area contributed by atoms with Gasteiger partial charge in [0.1, 0.15) is 11.3 Å². The van der Waals surface area contributed by atoms with Crippen LogP contribution in [0.4, 0.5) is 5.69 Å². The molecular weight excluding hydrogens is 466 g/mol. The molecule has 2 aromatic carbocycles. The molecule has 2 unspecified atom stereocenters. The van der Waals surface area contributed by atoms with Crippen LogP contribution < -0.4 is 14.5 Å². The van der Waals surface area contributed by atoms with Crippen molar-refractivity contribution in [3.05, 3.63) is 64.4 Å². The minimum Gasteiger partial charge on any atom is -0.492 e. The van der Waals surface area contributed by atoms with Crippen molar-refractivity contribution in [2.24, 2.45) is 11.8 Å². The van der Waals surface area contributed by atoms with Gasteiger partial charge in [0.2, 0.25) is 5.43 Å². The largest absolute Gasteiger partial charge is 0.492 e. The van der Waals surface area contributed by atoms with Gasteiger partial charge < -0.3 is 14.6 Å². The van der Waals surface area contributed by atoms with E-state index in [9.17, 15) is 18.0 Å². The van der Waals surface area contributed by atoms with Crippen LogP contribution in [0.5, 0.6) is 5.75 Å². The topological polar surface area (TPSA) is 99.8 Å². The van der Waals surface area contributed by atoms with Crippen LogP contribution in [0.2, 0.25) is 0 Å². The van der Waals surface area contributed by atoms with Gasteiger partial charge in [-0.2, -0.15) is 0 Å². The van der Waals surface area contributed by atoms with Crippen LogP contribution in [0.15, 0.2) is 58.4 Å². The molecule has 1 amide bonds. The first kappa shape index (κ1) is 24.8. The standard InChI is InChI=1S/C26H31N3O5S/c1-5-34-24-9-7-6-8-23(24)28(4)35(32,33)19-10-11-22-20(13-19)25(30)21(14-27-22)26(31)29-15-17(2)12-18(3)16-29/h6-11,13-14,17-18H,5,12,15-16H2,1-4H3,(H,27,30). The van der Waals surface area contributed by atoms with Gasteiger partial charge in [-0.25, -0.2) is 8.42 Å². The number of hydrogen-bond acceptors (Lipinski definition) is 5. The number of fused-ring (bicyclic) bond motifs is 1. The maximum absolute atomic E-state index is 13.5. The lowest BCUT2D eigenvalue weighted by Gasteiger charge is -2.34.